The minimum atomic E-state index is -0.272. The summed E-state index contributed by atoms with van der Waals surface area (Å²) >= 11 is 0. The van der Waals surface area contributed by atoms with Crippen LogP contribution in [0.3, 0.4) is 0 Å². The lowest BCUT2D eigenvalue weighted by molar-refractivity contribution is -0.922. The summed E-state index contributed by atoms with van der Waals surface area (Å²) in [6.45, 7) is 9.13. The van der Waals surface area contributed by atoms with E-state index in [0.717, 1.165) is 35.2 Å². The van der Waals surface area contributed by atoms with Gasteiger partial charge in [-0.3, -0.25) is 0 Å². The first-order valence-electron chi connectivity index (χ1n) is 8.62. The van der Waals surface area contributed by atoms with Gasteiger partial charge in [0, 0.05) is 16.9 Å². The number of phenols is 1. The zero-order valence-electron chi connectivity index (χ0n) is 14.2. The van der Waals surface area contributed by atoms with E-state index in [1.54, 1.807) is 6.07 Å². The molecule has 0 radical (unpaired) electrons. The number of benzene rings is 1. The molecular weight excluding hydrogens is 290 g/mol. The maximum atomic E-state index is 12.2. The Bertz CT molecular complexity index is 778. The van der Waals surface area contributed by atoms with Gasteiger partial charge in [-0.2, -0.15) is 0 Å². The van der Waals surface area contributed by atoms with Crippen molar-refractivity contribution < 1.29 is 14.4 Å². The van der Waals surface area contributed by atoms with Crippen molar-refractivity contribution in [2.75, 3.05) is 13.1 Å². The molecule has 124 valence electrons. The van der Waals surface area contributed by atoms with E-state index in [1.165, 1.54) is 17.7 Å². The average Bonchev–Trinajstić information content (AvgIpc) is 2.51. The molecule has 2 unspecified atom stereocenters. The number of aromatic hydroxyl groups is 1. The van der Waals surface area contributed by atoms with Crippen molar-refractivity contribution in [1.29, 1.82) is 0 Å². The Morgan fingerprint density at radius 1 is 1.35 bits per heavy atom. The number of hydrogen-bond donors (Lipinski definition) is 2. The number of likely N-dealkylation sites (tertiary alicyclic amines) is 1. The first kappa shape index (κ1) is 16.1. The van der Waals surface area contributed by atoms with Crippen LogP contribution in [-0.4, -0.2) is 18.2 Å². The third-order valence-corrected chi connectivity index (χ3v) is 5.18. The smallest absolute Gasteiger partial charge is 0.339 e. The van der Waals surface area contributed by atoms with E-state index in [0.29, 0.717) is 24.5 Å². The van der Waals surface area contributed by atoms with Gasteiger partial charge in [-0.15, -0.1) is 0 Å². The molecule has 0 aliphatic carbocycles. The first-order valence-corrected chi connectivity index (χ1v) is 8.62. The molecule has 2 N–H and O–H groups in total. The van der Waals surface area contributed by atoms with Crippen molar-refractivity contribution in [3.63, 3.8) is 0 Å². The zero-order chi connectivity index (χ0) is 16.6. The highest BCUT2D eigenvalue weighted by molar-refractivity contribution is 5.85. The molecule has 23 heavy (non-hydrogen) atoms. The highest BCUT2D eigenvalue weighted by Gasteiger charge is 2.23. The lowest BCUT2D eigenvalue weighted by Gasteiger charge is -2.28. The summed E-state index contributed by atoms with van der Waals surface area (Å²) in [5.74, 6) is 0.936. The van der Waals surface area contributed by atoms with E-state index < -0.39 is 0 Å². The van der Waals surface area contributed by atoms with E-state index in [1.807, 2.05) is 19.9 Å². The zero-order valence-corrected chi connectivity index (χ0v) is 14.2. The number of piperidine rings is 1. The molecule has 0 saturated carbocycles. The van der Waals surface area contributed by atoms with Gasteiger partial charge in [-0.05, 0) is 43.9 Å². The number of nitrogens with one attached hydrogen (secondary N) is 1. The van der Waals surface area contributed by atoms with Crippen molar-refractivity contribution in [2.45, 2.75) is 46.6 Å². The number of quaternary nitrogens is 1. The first-order chi connectivity index (χ1) is 11.0. The Labute approximate surface area is 136 Å². The van der Waals surface area contributed by atoms with Gasteiger partial charge in [0.05, 0.1) is 18.7 Å². The fraction of sp³-hybridized carbons (Fsp3) is 0.526. The third-order valence-electron chi connectivity index (χ3n) is 5.18. The molecule has 0 spiro atoms. The van der Waals surface area contributed by atoms with Crippen LogP contribution in [0.15, 0.2) is 21.3 Å². The molecule has 2 heterocycles. The Hall–Kier alpha value is -1.81. The Kier molecular flexibility index (Phi) is 4.44. The lowest BCUT2D eigenvalue weighted by Crippen LogP contribution is -3.12. The minimum Gasteiger partial charge on any atom is -0.507 e. The van der Waals surface area contributed by atoms with Crippen molar-refractivity contribution in [1.82, 2.24) is 0 Å². The second-order valence-corrected chi connectivity index (χ2v) is 6.91. The van der Waals surface area contributed by atoms with Crippen LogP contribution >= 0.6 is 0 Å². The molecule has 4 heteroatoms. The van der Waals surface area contributed by atoms with Gasteiger partial charge in [0.15, 0.2) is 5.58 Å². The predicted octanol–water partition coefficient (Wildman–Crippen LogP) is 2.18. The largest absolute Gasteiger partial charge is 0.507 e. The second-order valence-electron chi connectivity index (χ2n) is 6.91. The monoisotopic (exact) mass is 316 g/mol. The molecule has 2 aromatic rings. The second kappa shape index (κ2) is 6.36. The van der Waals surface area contributed by atoms with Crippen LogP contribution in [0.1, 0.15) is 43.4 Å². The van der Waals surface area contributed by atoms with Gasteiger partial charge in [0.1, 0.15) is 12.3 Å². The van der Waals surface area contributed by atoms with E-state index in [9.17, 15) is 9.90 Å². The van der Waals surface area contributed by atoms with Crippen LogP contribution in [0.4, 0.5) is 0 Å². The molecule has 3 rings (SSSR count). The van der Waals surface area contributed by atoms with E-state index in [2.05, 4.69) is 6.92 Å². The van der Waals surface area contributed by atoms with Crippen molar-refractivity contribution in [2.24, 2.45) is 5.92 Å². The predicted molar refractivity (Wildman–Crippen MR) is 91.1 cm³/mol. The van der Waals surface area contributed by atoms with E-state index in [-0.39, 0.29) is 11.4 Å². The number of hydrogen-bond acceptors (Lipinski definition) is 3. The normalized spacial score (nSPS) is 21.7. The highest BCUT2D eigenvalue weighted by atomic mass is 16.4. The molecule has 1 aliphatic rings. The van der Waals surface area contributed by atoms with Crippen LogP contribution in [0.5, 0.6) is 5.75 Å². The summed E-state index contributed by atoms with van der Waals surface area (Å²) in [5, 5.41) is 11.3. The molecular formula is C19H26NO3+. The quantitative estimate of drug-likeness (QED) is 0.854. The number of aryl methyl sites for hydroxylation is 1. The van der Waals surface area contributed by atoms with Gasteiger partial charge < -0.3 is 14.4 Å². The number of phenolic OH excluding ortho intramolecular Hbond substituents is 1. The average molecular weight is 316 g/mol. The van der Waals surface area contributed by atoms with Crippen molar-refractivity contribution in [3.05, 3.63) is 39.2 Å². The molecule has 0 amide bonds. The maximum absolute atomic E-state index is 12.2. The Morgan fingerprint density at radius 2 is 2.13 bits per heavy atom. The standard InChI is InChI=1S/C19H25NO3/c1-4-14-13(3)15-7-8-17(21)16(18(15)23-19(14)22)11-20-9-5-6-12(2)10-20/h7-8,12,21H,4-6,9-11H2,1-3H3/p+1. The van der Waals surface area contributed by atoms with Crippen LogP contribution in [0.2, 0.25) is 0 Å². The van der Waals surface area contributed by atoms with Gasteiger partial charge in [0.2, 0.25) is 0 Å². The fourth-order valence-corrected chi connectivity index (χ4v) is 3.89. The van der Waals surface area contributed by atoms with Gasteiger partial charge in [-0.25, -0.2) is 4.79 Å². The SMILES string of the molecule is CCc1c(C)c2ccc(O)c(C[NH+]3CCCC(C)C3)c2oc1=O. The van der Waals surface area contributed by atoms with Crippen molar-refractivity contribution >= 4 is 11.0 Å². The molecule has 1 fully saturated rings. The highest BCUT2D eigenvalue weighted by Crippen LogP contribution is 2.29. The van der Waals surface area contributed by atoms with E-state index >= 15 is 0 Å². The summed E-state index contributed by atoms with van der Waals surface area (Å²) in [6, 6.07) is 3.59. The summed E-state index contributed by atoms with van der Waals surface area (Å²) in [5.41, 5.74) is 2.77. The third kappa shape index (κ3) is 3.00. The maximum Gasteiger partial charge on any atom is 0.339 e. The molecule has 1 aliphatic heterocycles. The van der Waals surface area contributed by atoms with Crippen LogP contribution in [0, 0.1) is 12.8 Å². The molecule has 4 nitrogen and oxygen atoms in total. The van der Waals surface area contributed by atoms with Crippen LogP contribution in [0.25, 0.3) is 11.0 Å². The molecule has 1 aromatic heterocycles. The lowest BCUT2D eigenvalue weighted by atomic mass is 9.98. The summed E-state index contributed by atoms with van der Waals surface area (Å²) < 4.78 is 5.62. The Morgan fingerprint density at radius 3 is 2.83 bits per heavy atom. The topological polar surface area (TPSA) is 54.9 Å². The summed E-state index contributed by atoms with van der Waals surface area (Å²) in [4.78, 5) is 13.7. The van der Waals surface area contributed by atoms with Crippen LogP contribution < -0.4 is 10.5 Å². The number of rotatable bonds is 3. The number of fused-ring (bicyclic) bond motifs is 1. The molecule has 1 saturated heterocycles. The minimum absolute atomic E-state index is 0.232. The Balaban J connectivity index is 2.09. The van der Waals surface area contributed by atoms with Gasteiger partial charge >= 0.3 is 5.63 Å². The van der Waals surface area contributed by atoms with Gasteiger partial charge in [-0.1, -0.05) is 13.8 Å². The van der Waals surface area contributed by atoms with Crippen molar-refractivity contribution in [3.8, 4) is 5.75 Å². The van der Waals surface area contributed by atoms with Crippen LogP contribution in [-0.2, 0) is 13.0 Å². The molecule has 2 atom stereocenters. The van der Waals surface area contributed by atoms with Gasteiger partial charge in [0.25, 0.3) is 0 Å². The summed E-state index contributed by atoms with van der Waals surface area (Å²) in [6.07, 6.45) is 3.15. The van der Waals surface area contributed by atoms with E-state index in [4.69, 9.17) is 4.42 Å². The molecule has 1 aromatic carbocycles. The summed E-state index contributed by atoms with van der Waals surface area (Å²) in [7, 11) is 0. The fourth-order valence-electron chi connectivity index (χ4n) is 3.89. The molecule has 0 bridgehead atoms.